The van der Waals surface area contributed by atoms with Crippen LogP contribution in [0.25, 0.3) is 0 Å². The molecule has 7 heteroatoms. The van der Waals surface area contributed by atoms with Crippen LogP contribution in [0.3, 0.4) is 0 Å². The zero-order valence-corrected chi connectivity index (χ0v) is 11.7. The van der Waals surface area contributed by atoms with Gasteiger partial charge in [-0.25, -0.2) is 8.42 Å². The largest absolute Gasteiger partial charge is 0.385 e. The number of methoxy groups -OCH3 is 1. The van der Waals surface area contributed by atoms with E-state index in [1.54, 1.807) is 12.1 Å². The first kappa shape index (κ1) is 15.6. The number of rotatable bonds is 6. The number of nitrogens with one attached hydrogen (secondary N) is 1. The second-order valence-corrected chi connectivity index (χ2v) is 6.19. The van der Waals surface area contributed by atoms with E-state index >= 15 is 0 Å². The molecule has 0 fully saturated rings. The lowest BCUT2D eigenvalue weighted by Crippen LogP contribution is -2.36. The number of carbonyl (C=O) groups is 1. The van der Waals surface area contributed by atoms with Crippen molar-refractivity contribution in [2.45, 2.75) is 17.4 Å². The Morgan fingerprint density at radius 2 is 2.16 bits per heavy atom. The van der Waals surface area contributed by atoms with Crippen molar-refractivity contribution in [3.63, 3.8) is 0 Å². The number of carbonyl (C=O) groups excluding carboxylic acids is 1. The molecule has 106 valence electrons. The predicted molar refractivity (Wildman–Crippen MR) is 72.6 cm³/mol. The van der Waals surface area contributed by atoms with Crippen molar-refractivity contribution < 1.29 is 17.9 Å². The quantitative estimate of drug-likeness (QED) is 0.788. The van der Waals surface area contributed by atoms with Crippen LogP contribution in [0.1, 0.15) is 6.42 Å². The van der Waals surface area contributed by atoms with Crippen LogP contribution in [0.5, 0.6) is 0 Å². The maximum atomic E-state index is 11.7. The summed E-state index contributed by atoms with van der Waals surface area (Å²) in [4.78, 5) is 11.9. The summed E-state index contributed by atoms with van der Waals surface area (Å²) in [5.41, 5.74) is 6.07. The molecule has 1 aromatic rings. The molecule has 0 heterocycles. The van der Waals surface area contributed by atoms with Crippen LogP contribution < -0.4 is 11.1 Å². The van der Waals surface area contributed by atoms with Gasteiger partial charge in [-0.15, -0.1) is 0 Å². The number of hydrogen-bond donors (Lipinski definition) is 2. The first-order chi connectivity index (χ1) is 8.84. The third-order valence-electron chi connectivity index (χ3n) is 2.50. The van der Waals surface area contributed by atoms with Crippen LogP contribution in [0.4, 0.5) is 5.69 Å². The van der Waals surface area contributed by atoms with Gasteiger partial charge in [0.2, 0.25) is 5.91 Å². The number of amides is 1. The van der Waals surface area contributed by atoms with E-state index in [4.69, 9.17) is 10.5 Å². The summed E-state index contributed by atoms with van der Waals surface area (Å²) in [5.74, 6) is -0.372. The summed E-state index contributed by atoms with van der Waals surface area (Å²) in [6.45, 7) is 0.387. The highest BCUT2D eigenvalue weighted by Crippen LogP contribution is 2.15. The molecule has 0 aromatic heterocycles. The lowest BCUT2D eigenvalue weighted by Gasteiger charge is -2.12. The van der Waals surface area contributed by atoms with E-state index in [2.05, 4.69) is 5.32 Å². The van der Waals surface area contributed by atoms with Crippen molar-refractivity contribution in [2.75, 3.05) is 25.3 Å². The van der Waals surface area contributed by atoms with Crippen molar-refractivity contribution in [1.29, 1.82) is 0 Å². The van der Waals surface area contributed by atoms with Crippen molar-refractivity contribution in [3.05, 3.63) is 24.3 Å². The van der Waals surface area contributed by atoms with Gasteiger partial charge in [0.25, 0.3) is 0 Å². The summed E-state index contributed by atoms with van der Waals surface area (Å²) in [7, 11) is -1.77. The minimum absolute atomic E-state index is 0.149. The van der Waals surface area contributed by atoms with Crippen LogP contribution in [-0.4, -0.2) is 40.3 Å². The minimum atomic E-state index is -3.30. The molecule has 0 saturated carbocycles. The van der Waals surface area contributed by atoms with Crippen LogP contribution in [0.15, 0.2) is 29.2 Å². The molecule has 0 bridgehead atoms. The highest BCUT2D eigenvalue weighted by Gasteiger charge is 2.14. The molecule has 0 aliphatic carbocycles. The Balaban J connectivity index is 2.75. The topological polar surface area (TPSA) is 98.5 Å². The minimum Gasteiger partial charge on any atom is -0.385 e. The molecule has 0 aliphatic heterocycles. The number of anilines is 1. The molecule has 1 amide bonds. The van der Waals surface area contributed by atoms with Crippen LogP contribution in [0.2, 0.25) is 0 Å². The van der Waals surface area contributed by atoms with Crippen molar-refractivity contribution in [3.8, 4) is 0 Å². The molecule has 0 spiro atoms. The van der Waals surface area contributed by atoms with Gasteiger partial charge >= 0.3 is 0 Å². The van der Waals surface area contributed by atoms with Gasteiger partial charge in [-0.1, -0.05) is 6.07 Å². The molecule has 6 nitrogen and oxygen atoms in total. The fraction of sp³-hybridized carbons (Fsp3) is 0.417. The van der Waals surface area contributed by atoms with E-state index in [1.807, 2.05) is 0 Å². The Hall–Kier alpha value is -1.44. The normalized spacial score (nSPS) is 13.0. The molecule has 0 radical (unpaired) electrons. The molecule has 3 N–H and O–H groups in total. The average Bonchev–Trinajstić information content (AvgIpc) is 2.35. The van der Waals surface area contributed by atoms with Gasteiger partial charge in [0.05, 0.1) is 10.9 Å². The first-order valence-electron chi connectivity index (χ1n) is 5.70. The Labute approximate surface area is 112 Å². The van der Waals surface area contributed by atoms with Crippen molar-refractivity contribution in [2.24, 2.45) is 5.73 Å². The third kappa shape index (κ3) is 4.98. The smallest absolute Gasteiger partial charge is 0.241 e. The zero-order chi connectivity index (χ0) is 14.5. The van der Waals surface area contributed by atoms with Crippen LogP contribution in [0, 0.1) is 0 Å². The Morgan fingerprint density at radius 3 is 2.74 bits per heavy atom. The standard InChI is InChI=1S/C12H18N2O4S/c1-18-7-6-11(13)12(15)14-9-4-3-5-10(8-9)19(2,16)17/h3-5,8,11H,6-7,13H2,1-2H3,(H,14,15). The average molecular weight is 286 g/mol. The van der Waals surface area contributed by atoms with E-state index in [0.29, 0.717) is 18.7 Å². The van der Waals surface area contributed by atoms with Gasteiger partial charge in [0.15, 0.2) is 9.84 Å². The molecule has 0 aliphatic rings. The van der Waals surface area contributed by atoms with Crippen molar-refractivity contribution in [1.82, 2.24) is 0 Å². The number of sulfone groups is 1. The maximum Gasteiger partial charge on any atom is 0.241 e. The lowest BCUT2D eigenvalue weighted by atomic mass is 10.2. The lowest BCUT2D eigenvalue weighted by molar-refractivity contribution is -0.117. The van der Waals surface area contributed by atoms with Gasteiger partial charge < -0.3 is 15.8 Å². The fourth-order valence-electron chi connectivity index (χ4n) is 1.42. The molecule has 1 unspecified atom stereocenters. The van der Waals surface area contributed by atoms with E-state index in [0.717, 1.165) is 6.26 Å². The summed E-state index contributed by atoms with van der Waals surface area (Å²) in [6.07, 6.45) is 1.51. The molecular formula is C12H18N2O4S. The zero-order valence-electron chi connectivity index (χ0n) is 10.9. The first-order valence-corrected chi connectivity index (χ1v) is 7.59. The summed E-state index contributed by atoms with van der Waals surface area (Å²) in [5, 5.41) is 2.58. The van der Waals surface area contributed by atoms with E-state index in [-0.39, 0.29) is 10.8 Å². The Bertz CT molecular complexity index is 542. The SMILES string of the molecule is COCCC(N)C(=O)Nc1cccc(S(C)(=O)=O)c1. The second-order valence-electron chi connectivity index (χ2n) is 4.18. The van der Waals surface area contributed by atoms with E-state index in [9.17, 15) is 13.2 Å². The summed E-state index contributed by atoms with van der Waals surface area (Å²) >= 11 is 0. The molecule has 19 heavy (non-hydrogen) atoms. The number of hydrogen-bond acceptors (Lipinski definition) is 5. The molecular weight excluding hydrogens is 268 g/mol. The van der Waals surface area contributed by atoms with Gasteiger partial charge in [0.1, 0.15) is 0 Å². The fourth-order valence-corrected chi connectivity index (χ4v) is 2.08. The van der Waals surface area contributed by atoms with E-state index < -0.39 is 15.9 Å². The monoisotopic (exact) mass is 286 g/mol. The second kappa shape index (κ2) is 6.65. The summed E-state index contributed by atoms with van der Waals surface area (Å²) in [6, 6.07) is 5.34. The van der Waals surface area contributed by atoms with Gasteiger partial charge in [0, 0.05) is 25.7 Å². The molecule has 1 rings (SSSR count). The summed E-state index contributed by atoms with van der Waals surface area (Å²) < 4.78 is 27.6. The number of nitrogens with two attached hydrogens (primary N) is 1. The number of benzene rings is 1. The maximum absolute atomic E-state index is 11.7. The molecule has 1 atom stereocenters. The van der Waals surface area contributed by atoms with Crippen molar-refractivity contribution >= 4 is 21.4 Å². The van der Waals surface area contributed by atoms with Crippen LogP contribution >= 0.6 is 0 Å². The van der Waals surface area contributed by atoms with Gasteiger partial charge in [-0.2, -0.15) is 0 Å². The Kier molecular flexibility index (Phi) is 5.46. The van der Waals surface area contributed by atoms with Gasteiger partial charge in [-0.3, -0.25) is 4.79 Å². The highest BCUT2D eigenvalue weighted by atomic mass is 32.2. The van der Waals surface area contributed by atoms with E-state index in [1.165, 1.54) is 19.2 Å². The van der Waals surface area contributed by atoms with Gasteiger partial charge in [-0.05, 0) is 24.6 Å². The highest BCUT2D eigenvalue weighted by molar-refractivity contribution is 7.90. The Morgan fingerprint density at radius 1 is 1.47 bits per heavy atom. The third-order valence-corrected chi connectivity index (χ3v) is 3.61. The predicted octanol–water partition coefficient (Wildman–Crippen LogP) is 0.392. The molecule has 1 aromatic carbocycles. The van der Waals surface area contributed by atoms with Crippen LogP contribution in [-0.2, 0) is 19.4 Å². The number of ether oxygens (including phenoxy) is 1. The molecule has 0 saturated heterocycles.